The van der Waals surface area contributed by atoms with Crippen LogP contribution in [0.4, 0.5) is 17.5 Å². The van der Waals surface area contributed by atoms with Crippen molar-refractivity contribution in [2.75, 3.05) is 10.6 Å². The summed E-state index contributed by atoms with van der Waals surface area (Å²) in [6.45, 7) is 0.530. The average Bonchev–Trinajstić information content (AvgIpc) is 2.99. The molecular formula is C14H12ClN5O. The minimum Gasteiger partial charge on any atom is -0.467 e. The molecule has 0 saturated carbocycles. The summed E-state index contributed by atoms with van der Waals surface area (Å²) in [4.78, 5) is 4.32. The van der Waals surface area contributed by atoms with Crippen molar-refractivity contribution in [3.05, 3.63) is 59.6 Å². The number of halogens is 1. The maximum atomic E-state index is 5.93. The number of hydrogen-bond acceptors (Lipinski definition) is 6. The van der Waals surface area contributed by atoms with Gasteiger partial charge in [-0.05, 0) is 30.3 Å². The fourth-order valence-corrected chi connectivity index (χ4v) is 1.92. The summed E-state index contributed by atoms with van der Waals surface area (Å²) in [5.74, 6) is 1.81. The van der Waals surface area contributed by atoms with Gasteiger partial charge in [0.1, 0.15) is 5.76 Å². The molecule has 3 rings (SSSR count). The number of furan rings is 1. The zero-order valence-corrected chi connectivity index (χ0v) is 11.7. The molecule has 1 aromatic carbocycles. The molecule has 0 saturated heterocycles. The maximum Gasteiger partial charge on any atom is 0.249 e. The summed E-state index contributed by atoms with van der Waals surface area (Å²) in [5, 5.41) is 14.6. The van der Waals surface area contributed by atoms with Crippen LogP contribution in [0.2, 0.25) is 5.02 Å². The SMILES string of the molecule is Clc1cccc(Nc2nncc(NCc3ccco3)n2)c1. The van der Waals surface area contributed by atoms with Crippen molar-refractivity contribution < 1.29 is 4.42 Å². The van der Waals surface area contributed by atoms with Gasteiger partial charge >= 0.3 is 0 Å². The van der Waals surface area contributed by atoms with E-state index in [0.29, 0.717) is 23.3 Å². The highest BCUT2D eigenvalue weighted by Crippen LogP contribution is 2.18. The van der Waals surface area contributed by atoms with E-state index in [9.17, 15) is 0 Å². The number of nitrogens with zero attached hydrogens (tertiary/aromatic N) is 3. The number of anilines is 3. The second-order valence-electron chi connectivity index (χ2n) is 4.23. The van der Waals surface area contributed by atoms with Crippen LogP contribution in [-0.4, -0.2) is 15.2 Å². The number of benzene rings is 1. The Morgan fingerprint density at radius 3 is 2.95 bits per heavy atom. The monoisotopic (exact) mass is 301 g/mol. The zero-order valence-electron chi connectivity index (χ0n) is 11.0. The van der Waals surface area contributed by atoms with Gasteiger partial charge in [0.2, 0.25) is 5.95 Å². The van der Waals surface area contributed by atoms with Crippen LogP contribution in [0.1, 0.15) is 5.76 Å². The third-order valence-corrected chi connectivity index (χ3v) is 2.90. The van der Waals surface area contributed by atoms with Crippen LogP contribution in [0.15, 0.2) is 53.3 Å². The van der Waals surface area contributed by atoms with Crippen LogP contribution in [0.3, 0.4) is 0 Å². The summed E-state index contributed by atoms with van der Waals surface area (Å²) in [6.07, 6.45) is 3.17. The molecule has 6 nitrogen and oxygen atoms in total. The molecule has 2 aromatic heterocycles. The van der Waals surface area contributed by atoms with Crippen molar-refractivity contribution in [3.63, 3.8) is 0 Å². The predicted octanol–water partition coefficient (Wildman–Crippen LogP) is 3.47. The fraction of sp³-hybridized carbons (Fsp3) is 0.0714. The molecule has 0 aliphatic rings. The minimum atomic E-state index is 0.390. The van der Waals surface area contributed by atoms with E-state index in [1.807, 2.05) is 24.3 Å². The van der Waals surface area contributed by atoms with Gasteiger partial charge in [-0.3, -0.25) is 0 Å². The van der Waals surface area contributed by atoms with Crippen LogP contribution in [0.25, 0.3) is 0 Å². The molecule has 0 unspecified atom stereocenters. The first-order valence-electron chi connectivity index (χ1n) is 6.28. The van der Waals surface area contributed by atoms with Crippen molar-refractivity contribution >= 4 is 29.1 Å². The lowest BCUT2D eigenvalue weighted by atomic mass is 10.3. The van der Waals surface area contributed by atoms with E-state index in [1.54, 1.807) is 24.6 Å². The molecule has 0 amide bonds. The Morgan fingerprint density at radius 2 is 2.14 bits per heavy atom. The van der Waals surface area contributed by atoms with Gasteiger partial charge in [-0.25, -0.2) is 0 Å². The summed E-state index contributed by atoms with van der Waals surface area (Å²) < 4.78 is 5.24. The number of hydrogen-bond donors (Lipinski definition) is 2. The topological polar surface area (TPSA) is 75.9 Å². The third kappa shape index (κ3) is 3.70. The standard InChI is InChI=1S/C14H12ClN5O/c15-10-3-1-4-11(7-10)18-14-19-13(9-17-20-14)16-8-12-5-2-6-21-12/h1-7,9H,8H2,(H2,16,18,19,20). The highest BCUT2D eigenvalue weighted by molar-refractivity contribution is 6.30. The summed E-state index contributed by atoms with van der Waals surface area (Å²) in [6, 6.07) is 11.0. The van der Waals surface area contributed by atoms with Gasteiger partial charge < -0.3 is 15.1 Å². The molecule has 0 radical (unpaired) electrons. The van der Waals surface area contributed by atoms with Gasteiger partial charge in [0.15, 0.2) is 5.82 Å². The second kappa shape index (κ2) is 6.23. The van der Waals surface area contributed by atoms with Crippen LogP contribution in [0.5, 0.6) is 0 Å². The first-order chi connectivity index (χ1) is 10.3. The molecule has 0 aliphatic carbocycles. The number of aromatic nitrogens is 3. The molecule has 0 aliphatic heterocycles. The summed E-state index contributed by atoms with van der Waals surface area (Å²) in [5.41, 5.74) is 0.799. The maximum absolute atomic E-state index is 5.93. The Bertz CT molecular complexity index is 717. The van der Waals surface area contributed by atoms with E-state index in [2.05, 4.69) is 25.8 Å². The first kappa shape index (κ1) is 13.4. The van der Waals surface area contributed by atoms with Crippen molar-refractivity contribution in [2.24, 2.45) is 0 Å². The summed E-state index contributed by atoms with van der Waals surface area (Å²) >= 11 is 5.93. The quantitative estimate of drug-likeness (QED) is 0.751. The molecule has 7 heteroatoms. The van der Waals surface area contributed by atoms with Crippen LogP contribution >= 0.6 is 11.6 Å². The van der Waals surface area contributed by atoms with E-state index in [4.69, 9.17) is 16.0 Å². The van der Waals surface area contributed by atoms with Crippen molar-refractivity contribution in [1.29, 1.82) is 0 Å². The van der Waals surface area contributed by atoms with Crippen LogP contribution < -0.4 is 10.6 Å². The van der Waals surface area contributed by atoms with Gasteiger partial charge in [-0.2, -0.15) is 10.1 Å². The van der Waals surface area contributed by atoms with Crippen molar-refractivity contribution in [3.8, 4) is 0 Å². The molecule has 21 heavy (non-hydrogen) atoms. The lowest BCUT2D eigenvalue weighted by molar-refractivity contribution is 0.517. The van der Waals surface area contributed by atoms with Gasteiger partial charge in [-0.1, -0.05) is 17.7 Å². The lowest BCUT2D eigenvalue weighted by Gasteiger charge is -2.07. The molecule has 2 N–H and O–H groups in total. The predicted molar refractivity (Wildman–Crippen MR) is 80.6 cm³/mol. The Hall–Kier alpha value is -2.60. The van der Waals surface area contributed by atoms with Crippen LogP contribution in [0, 0.1) is 0 Å². The molecule has 0 fully saturated rings. The molecule has 2 heterocycles. The van der Waals surface area contributed by atoms with Gasteiger partial charge in [0.25, 0.3) is 0 Å². The van der Waals surface area contributed by atoms with Crippen LogP contribution in [-0.2, 0) is 6.54 Å². The number of nitrogens with one attached hydrogen (secondary N) is 2. The summed E-state index contributed by atoms with van der Waals surface area (Å²) in [7, 11) is 0. The number of rotatable bonds is 5. The largest absolute Gasteiger partial charge is 0.467 e. The normalized spacial score (nSPS) is 10.3. The van der Waals surface area contributed by atoms with Crippen molar-refractivity contribution in [1.82, 2.24) is 15.2 Å². The minimum absolute atomic E-state index is 0.390. The second-order valence-corrected chi connectivity index (χ2v) is 4.67. The molecule has 0 bridgehead atoms. The Balaban J connectivity index is 1.68. The first-order valence-corrected chi connectivity index (χ1v) is 6.66. The Labute approximate surface area is 126 Å². The fourth-order valence-electron chi connectivity index (χ4n) is 1.73. The third-order valence-electron chi connectivity index (χ3n) is 2.66. The molecule has 0 spiro atoms. The molecular weight excluding hydrogens is 290 g/mol. The average molecular weight is 302 g/mol. The molecule has 3 aromatic rings. The van der Waals surface area contributed by atoms with E-state index in [1.165, 1.54) is 0 Å². The van der Waals surface area contributed by atoms with Gasteiger partial charge in [-0.15, -0.1) is 5.10 Å². The Morgan fingerprint density at radius 1 is 1.19 bits per heavy atom. The molecule has 0 atom stereocenters. The van der Waals surface area contributed by atoms with E-state index in [-0.39, 0.29) is 0 Å². The highest BCUT2D eigenvalue weighted by atomic mass is 35.5. The van der Waals surface area contributed by atoms with E-state index in [0.717, 1.165) is 11.4 Å². The smallest absolute Gasteiger partial charge is 0.249 e. The van der Waals surface area contributed by atoms with Gasteiger partial charge in [0.05, 0.1) is 19.0 Å². The van der Waals surface area contributed by atoms with Gasteiger partial charge in [0, 0.05) is 10.7 Å². The van der Waals surface area contributed by atoms with E-state index < -0.39 is 0 Å². The lowest BCUT2D eigenvalue weighted by Crippen LogP contribution is -2.05. The zero-order chi connectivity index (χ0) is 14.5. The van der Waals surface area contributed by atoms with E-state index >= 15 is 0 Å². The van der Waals surface area contributed by atoms with Crippen molar-refractivity contribution in [2.45, 2.75) is 6.54 Å². The molecule has 106 valence electrons. The highest BCUT2D eigenvalue weighted by Gasteiger charge is 2.02. The Kier molecular flexibility index (Phi) is 3.97.